The van der Waals surface area contributed by atoms with E-state index in [-0.39, 0.29) is 5.92 Å². The number of rotatable bonds is 3. The Morgan fingerprint density at radius 2 is 2.07 bits per heavy atom. The maximum Gasteiger partial charge on any atom is 0.325 e. The van der Waals surface area contributed by atoms with E-state index in [4.69, 9.17) is 0 Å². The molecule has 1 rings (SSSR count). The average Bonchev–Trinajstić information content (AvgIpc) is 2.06. The van der Waals surface area contributed by atoms with Crippen LogP contribution in [0.3, 0.4) is 0 Å². The highest BCUT2D eigenvalue weighted by Gasteiger charge is 2.47. The number of hydrogen-bond donors (Lipinski definition) is 2. The Balaban J connectivity index is 3.01. The second-order valence-electron chi connectivity index (χ2n) is 4.30. The number of nitrogens with one attached hydrogen (secondary N) is 1. The highest BCUT2D eigenvalue weighted by atomic mass is 32.2. The van der Waals surface area contributed by atoms with Crippen molar-refractivity contribution >= 4 is 16.0 Å². The average molecular weight is 235 g/mol. The molecule has 1 aliphatic carbocycles. The third-order valence-electron chi connectivity index (χ3n) is 3.05. The van der Waals surface area contributed by atoms with E-state index < -0.39 is 21.5 Å². The first-order valence-corrected chi connectivity index (χ1v) is 6.89. The Labute approximate surface area is 89.9 Å². The van der Waals surface area contributed by atoms with Gasteiger partial charge in [-0.15, -0.1) is 0 Å². The lowest BCUT2D eigenvalue weighted by atomic mass is 9.74. The van der Waals surface area contributed by atoms with Crippen LogP contribution < -0.4 is 4.72 Å². The van der Waals surface area contributed by atoms with Gasteiger partial charge >= 0.3 is 5.97 Å². The van der Waals surface area contributed by atoms with Crippen LogP contribution in [0.4, 0.5) is 0 Å². The van der Waals surface area contributed by atoms with Gasteiger partial charge in [0.1, 0.15) is 5.54 Å². The monoisotopic (exact) mass is 235 g/mol. The van der Waals surface area contributed by atoms with Crippen LogP contribution in [0.25, 0.3) is 0 Å². The fourth-order valence-corrected chi connectivity index (χ4v) is 3.24. The van der Waals surface area contributed by atoms with E-state index in [1.807, 2.05) is 0 Å². The smallest absolute Gasteiger partial charge is 0.325 e. The molecule has 1 saturated carbocycles. The summed E-state index contributed by atoms with van der Waals surface area (Å²) in [6.07, 6.45) is 3.82. The summed E-state index contributed by atoms with van der Waals surface area (Å²) in [4.78, 5) is 11.2. The summed E-state index contributed by atoms with van der Waals surface area (Å²) in [6.45, 7) is 1.78. The number of hydrogen-bond acceptors (Lipinski definition) is 3. The molecular weight excluding hydrogens is 218 g/mol. The van der Waals surface area contributed by atoms with E-state index in [2.05, 4.69) is 4.72 Å². The summed E-state index contributed by atoms with van der Waals surface area (Å²) < 4.78 is 24.7. The first-order valence-electron chi connectivity index (χ1n) is 5.00. The molecule has 0 aromatic heterocycles. The lowest BCUT2D eigenvalue weighted by molar-refractivity contribution is -0.147. The third-order valence-corrected chi connectivity index (χ3v) is 3.78. The van der Waals surface area contributed by atoms with Crippen LogP contribution in [-0.2, 0) is 14.8 Å². The first kappa shape index (κ1) is 12.4. The Hall–Kier alpha value is -0.620. The summed E-state index contributed by atoms with van der Waals surface area (Å²) in [7, 11) is -3.49. The maximum absolute atomic E-state index is 11.2. The number of carboxylic acid groups (broad SMARTS) is 1. The van der Waals surface area contributed by atoms with Crippen molar-refractivity contribution in [1.29, 1.82) is 0 Å². The fourth-order valence-electron chi connectivity index (χ4n) is 2.19. The zero-order valence-electron chi connectivity index (χ0n) is 8.99. The molecule has 0 aromatic carbocycles. The summed E-state index contributed by atoms with van der Waals surface area (Å²) in [5.41, 5.74) is -1.30. The van der Waals surface area contributed by atoms with Crippen LogP contribution in [0.2, 0.25) is 0 Å². The van der Waals surface area contributed by atoms with Gasteiger partial charge in [0.25, 0.3) is 0 Å². The van der Waals surface area contributed by atoms with Gasteiger partial charge in [-0.05, 0) is 18.8 Å². The minimum Gasteiger partial charge on any atom is -0.480 e. The van der Waals surface area contributed by atoms with E-state index in [0.717, 1.165) is 25.5 Å². The molecule has 5 nitrogen and oxygen atoms in total. The molecule has 0 bridgehead atoms. The predicted octanol–water partition coefficient (Wildman–Crippen LogP) is 0.569. The van der Waals surface area contributed by atoms with E-state index in [1.54, 1.807) is 6.92 Å². The molecule has 0 saturated heterocycles. The molecule has 2 atom stereocenters. The van der Waals surface area contributed by atoms with Crippen molar-refractivity contribution < 1.29 is 18.3 Å². The van der Waals surface area contributed by atoms with E-state index in [0.29, 0.717) is 6.42 Å². The summed E-state index contributed by atoms with van der Waals surface area (Å²) in [6, 6.07) is 0. The van der Waals surface area contributed by atoms with Gasteiger partial charge < -0.3 is 5.11 Å². The molecule has 0 aromatic rings. The van der Waals surface area contributed by atoms with Gasteiger partial charge in [-0.2, -0.15) is 4.72 Å². The van der Waals surface area contributed by atoms with Gasteiger partial charge in [0, 0.05) is 0 Å². The second-order valence-corrected chi connectivity index (χ2v) is 6.05. The highest BCUT2D eigenvalue weighted by molar-refractivity contribution is 7.88. The molecule has 0 spiro atoms. The molecular formula is C9H17NO4S. The van der Waals surface area contributed by atoms with Crippen LogP contribution in [0.5, 0.6) is 0 Å². The van der Waals surface area contributed by atoms with Gasteiger partial charge in [0.2, 0.25) is 10.0 Å². The van der Waals surface area contributed by atoms with Gasteiger partial charge in [0.15, 0.2) is 0 Å². The van der Waals surface area contributed by atoms with Crippen molar-refractivity contribution in [1.82, 2.24) is 4.72 Å². The Kier molecular flexibility index (Phi) is 3.40. The molecule has 0 amide bonds. The Morgan fingerprint density at radius 1 is 1.47 bits per heavy atom. The van der Waals surface area contributed by atoms with E-state index in [9.17, 15) is 18.3 Å². The summed E-state index contributed by atoms with van der Waals surface area (Å²) >= 11 is 0. The molecule has 0 heterocycles. The van der Waals surface area contributed by atoms with Crippen molar-refractivity contribution in [2.24, 2.45) is 5.92 Å². The fraction of sp³-hybridized carbons (Fsp3) is 0.889. The van der Waals surface area contributed by atoms with Crippen LogP contribution in [-0.4, -0.2) is 31.3 Å². The van der Waals surface area contributed by atoms with Crippen molar-refractivity contribution in [3.63, 3.8) is 0 Å². The number of sulfonamides is 1. The SMILES string of the molecule is CC1CCCCC1(NS(C)(=O)=O)C(=O)O. The molecule has 0 aliphatic heterocycles. The van der Waals surface area contributed by atoms with Gasteiger partial charge in [0.05, 0.1) is 6.26 Å². The van der Waals surface area contributed by atoms with Crippen molar-refractivity contribution in [2.45, 2.75) is 38.1 Å². The number of aliphatic carboxylic acids is 1. The Morgan fingerprint density at radius 3 is 2.47 bits per heavy atom. The van der Waals surface area contributed by atoms with Crippen molar-refractivity contribution in [3.05, 3.63) is 0 Å². The minimum atomic E-state index is -3.49. The van der Waals surface area contributed by atoms with Crippen LogP contribution in [0.1, 0.15) is 32.6 Å². The topological polar surface area (TPSA) is 83.5 Å². The maximum atomic E-state index is 11.2. The molecule has 2 unspecified atom stereocenters. The summed E-state index contributed by atoms with van der Waals surface area (Å²) in [5.74, 6) is -1.24. The lowest BCUT2D eigenvalue weighted by Crippen LogP contribution is -2.59. The molecule has 0 radical (unpaired) electrons. The highest BCUT2D eigenvalue weighted by Crippen LogP contribution is 2.34. The second kappa shape index (κ2) is 4.09. The molecule has 88 valence electrons. The summed E-state index contributed by atoms with van der Waals surface area (Å²) in [5, 5.41) is 9.20. The van der Waals surface area contributed by atoms with Crippen molar-refractivity contribution in [3.8, 4) is 0 Å². The molecule has 2 N–H and O–H groups in total. The lowest BCUT2D eigenvalue weighted by Gasteiger charge is -2.38. The largest absolute Gasteiger partial charge is 0.480 e. The zero-order chi connectivity index (χ0) is 11.7. The standard InChI is InChI=1S/C9H17NO4S/c1-7-5-3-4-6-9(7,8(11)12)10-15(2,13)14/h7,10H,3-6H2,1-2H3,(H,11,12). The zero-order valence-corrected chi connectivity index (χ0v) is 9.80. The Bertz CT molecular complexity index is 351. The van der Waals surface area contributed by atoms with Gasteiger partial charge in [-0.25, -0.2) is 8.42 Å². The molecule has 1 aliphatic rings. The van der Waals surface area contributed by atoms with Crippen molar-refractivity contribution in [2.75, 3.05) is 6.26 Å². The predicted molar refractivity (Wildman–Crippen MR) is 56.0 cm³/mol. The van der Waals surface area contributed by atoms with Gasteiger partial charge in [-0.1, -0.05) is 19.8 Å². The third kappa shape index (κ3) is 2.69. The van der Waals surface area contributed by atoms with E-state index >= 15 is 0 Å². The number of carbonyl (C=O) groups is 1. The normalized spacial score (nSPS) is 32.5. The molecule has 1 fully saturated rings. The van der Waals surface area contributed by atoms with Gasteiger partial charge in [-0.3, -0.25) is 4.79 Å². The molecule has 6 heteroatoms. The van der Waals surface area contributed by atoms with E-state index in [1.165, 1.54) is 0 Å². The van der Waals surface area contributed by atoms with Crippen LogP contribution in [0, 0.1) is 5.92 Å². The molecule has 15 heavy (non-hydrogen) atoms. The quantitative estimate of drug-likeness (QED) is 0.749. The van der Waals surface area contributed by atoms with Crippen LogP contribution in [0.15, 0.2) is 0 Å². The number of carboxylic acids is 1. The minimum absolute atomic E-state index is 0.168. The first-order chi connectivity index (χ1) is 6.78. The van der Waals surface area contributed by atoms with Crippen LogP contribution >= 0.6 is 0 Å².